The highest BCUT2D eigenvalue weighted by molar-refractivity contribution is 6.28. The number of nitrogens with one attached hydrogen (secondary N) is 1. The zero-order valence-corrected chi connectivity index (χ0v) is 17.5. The Morgan fingerprint density at radius 1 is 1.14 bits per heavy atom. The van der Waals surface area contributed by atoms with Crippen molar-refractivity contribution in [3.63, 3.8) is 0 Å². The molecule has 0 fully saturated rings. The van der Waals surface area contributed by atoms with E-state index in [2.05, 4.69) is 79.5 Å². The number of nitrogens with zero attached hydrogens (tertiary/aromatic N) is 7. The van der Waals surface area contributed by atoms with Crippen molar-refractivity contribution in [2.75, 3.05) is 0 Å². The van der Waals surface area contributed by atoms with Gasteiger partial charge in [-0.15, -0.1) is 10.2 Å². The Bertz CT molecular complexity index is 1090. The van der Waals surface area contributed by atoms with Crippen molar-refractivity contribution < 1.29 is 0 Å². The van der Waals surface area contributed by atoms with Gasteiger partial charge in [0.1, 0.15) is 0 Å². The Balaban J connectivity index is 1.59. The lowest BCUT2D eigenvalue weighted by Gasteiger charge is -2.11. The molecule has 29 heavy (non-hydrogen) atoms. The predicted octanol–water partition coefficient (Wildman–Crippen LogP) is 3.91. The van der Waals surface area contributed by atoms with Crippen LogP contribution in [0.5, 0.6) is 0 Å². The summed E-state index contributed by atoms with van der Waals surface area (Å²) in [5.74, 6) is 1.38. The van der Waals surface area contributed by atoms with E-state index < -0.39 is 0 Å². The maximum Gasteiger partial charge on any atom is 0.221 e. The monoisotopic (exact) mass is 410 g/mol. The Morgan fingerprint density at radius 2 is 1.93 bits per heavy atom. The Labute approximate surface area is 173 Å². The number of rotatable bonds is 7. The van der Waals surface area contributed by atoms with Crippen molar-refractivity contribution in [1.82, 2.24) is 40.0 Å². The summed E-state index contributed by atoms with van der Waals surface area (Å²) in [5, 5.41) is 19.5. The molecule has 3 heterocycles. The van der Waals surface area contributed by atoms with Gasteiger partial charge in [-0.05, 0) is 66.4 Å². The lowest BCUT2D eigenvalue weighted by molar-refractivity contribution is 0.661. The van der Waals surface area contributed by atoms with Crippen molar-refractivity contribution in [2.24, 2.45) is 0 Å². The molecule has 0 aliphatic rings. The molecule has 0 unspecified atom stereocenters. The third-order valence-electron chi connectivity index (χ3n) is 4.88. The zero-order valence-electron chi connectivity index (χ0n) is 16.7. The van der Waals surface area contributed by atoms with Crippen LogP contribution in [-0.4, -0.2) is 40.0 Å². The molecule has 0 aliphatic carbocycles. The average Bonchev–Trinajstić information content (AvgIpc) is 3.41. The minimum Gasteiger partial charge on any atom is -0.311 e. The summed E-state index contributed by atoms with van der Waals surface area (Å²) < 4.78 is 3.88. The highest BCUT2D eigenvalue weighted by Crippen LogP contribution is 2.27. The van der Waals surface area contributed by atoms with Gasteiger partial charge in [0.15, 0.2) is 5.82 Å². The second-order valence-electron chi connectivity index (χ2n) is 7.11. The van der Waals surface area contributed by atoms with Crippen LogP contribution in [-0.2, 0) is 13.0 Å². The lowest BCUT2D eigenvalue weighted by atomic mass is 10.2. The van der Waals surface area contributed by atoms with E-state index in [0.717, 1.165) is 53.3 Å². The second kappa shape index (κ2) is 8.16. The fourth-order valence-corrected chi connectivity index (χ4v) is 3.70. The maximum atomic E-state index is 6.26. The molecule has 0 aliphatic heterocycles. The summed E-state index contributed by atoms with van der Waals surface area (Å²) in [6.45, 7) is 6.85. The number of hydrogen-bond acceptors (Lipinski definition) is 5. The summed E-state index contributed by atoms with van der Waals surface area (Å²) >= 11 is 6.26. The molecule has 9 heteroatoms. The van der Waals surface area contributed by atoms with Gasteiger partial charge >= 0.3 is 0 Å². The Morgan fingerprint density at radius 3 is 2.62 bits per heavy atom. The molecule has 3 aromatic heterocycles. The summed E-state index contributed by atoms with van der Waals surface area (Å²) in [7, 11) is 0. The van der Waals surface area contributed by atoms with Gasteiger partial charge in [0, 0.05) is 17.8 Å². The highest BCUT2D eigenvalue weighted by Gasteiger charge is 2.17. The third kappa shape index (κ3) is 3.93. The minimum absolute atomic E-state index is 0.427. The van der Waals surface area contributed by atoms with Crippen LogP contribution < -0.4 is 0 Å². The van der Waals surface area contributed by atoms with Crippen LogP contribution in [0.3, 0.4) is 0 Å². The van der Waals surface area contributed by atoms with Crippen LogP contribution in [0.25, 0.3) is 17.2 Å². The Kier molecular flexibility index (Phi) is 5.44. The molecule has 1 aromatic carbocycles. The van der Waals surface area contributed by atoms with E-state index in [4.69, 9.17) is 11.6 Å². The molecule has 4 rings (SSSR count). The number of halogens is 1. The van der Waals surface area contributed by atoms with E-state index in [1.807, 2.05) is 6.92 Å². The average molecular weight is 411 g/mol. The van der Waals surface area contributed by atoms with Gasteiger partial charge in [-0.2, -0.15) is 10.3 Å². The summed E-state index contributed by atoms with van der Waals surface area (Å²) in [5.41, 5.74) is 5.28. The largest absolute Gasteiger partial charge is 0.311 e. The predicted molar refractivity (Wildman–Crippen MR) is 111 cm³/mol. The van der Waals surface area contributed by atoms with E-state index >= 15 is 0 Å². The number of hydrogen-bond donors (Lipinski definition) is 1. The molecular formula is C20H23ClN8. The first kappa shape index (κ1) is 19.3. The van der Waals surface area contributed by atoms with Crippen LogP contribution in [0.15, 0.2) is 30.3 Å². The van der Waals surface area contributed by atoms with Crippen LogP contribution in [0.4, 0.5) is 0 Å². The first-order chi connectivity index (χ1) is 14.1. The molecule has 0 bridgehead atoms. The Hall–Kier alpha value is -3.00. The molecule has 0 saturated heterocycles. The smallest absolute Gasteiger partial charge is 0.221 e. The fourth-order valence-electron chi connectivity index (χ4n) is 3.50. The number of tetrazole rings is 1. The zero-order chi connectivity index (χ0) is 20.4. The van der Waals surface area contributed by atoms with E-state index in [-0.39, 0.29) is 0 Å². The van der Waals surface area contributed by atoms with Gasteiger partial charge in [-0.1, -0.05) is 25.5 Å². The number of aryl methyl sites for hydroxylation is 3. The topological polar surface area (TPSA) is 90.1 Å². The normalized spacial score (nSPS) is 11.3. The summed E-state index contributed by atoms with van der Waals surface area (Å²) in [4.78, 5) is 4.35. The standard InChI is InChI=1S/C20H23ClN8/c1-4-5-6-17-22-20(21)28(25-17)12-15-7-9-16(10-8-15)29-14(3)11-13(2)18(29)19-23-26-27-24-19/h7-11H,4-6,12H2,1-3H3,(H,23,24,26,27). The van der Waals surface area contributed by atoms with Crippen LogP contribution >= 0.6 is 11.6 Å². The van der Waals surface area contributed by atoms with Crippen molar-refractivity contribution >= 4 is 11.6 Å². The second-order valence-corrected chi connectivity index (χ2v) is 7.45. The summed E-state index contributed by atoms with van der Waals surface area (Å²) in [6.07, 6.45) is 3.03. The van der Waals surface area contributed by atoms with E-state index in [0.29, 0.717) is 17.7 Å². The number of unbranched alkanes of at least 4 members (excludes halogenated alkanes) is 1. The molecule has 8 nitrogen and oxygen atoms in total. The fraction of sp³-hybridized carbons (Fsp3) is 0.350. The van der Waals surface area contributed by atoms with Gasteiger partial charge in [0.25, 0.3) is 0 Å². The van der Waals surface area contributed by atoms with Crippen LogP contribution in [0.1, 0.15) is 42.4 Å². The van der Waals surface area contributed by atoms with E-state index in [9.17, 15) is 0 Å². The first-order valence-electron chi connectivity index (χ1n) is 9.68. The van der Waals surface area contributed by atoms with Crippen molar-refractivity contribution in [2.45, 2.75) is 46.6 Å². The van der Waals surface area contributed by atoms with Crippen molar-refractivity contribution in [3.8, 4) is 17.2 Å². The number of H-pyrrole nitrogens is 1. The van der Waals surface area contributed by atoms with Crippen molar-refractivity contribution in [1.29, 1.82) is 0 Å². The molecule has 1 N–H and O–H groups in total. The van der Waals surface area contributed by atoms with Gasteiger partial charge < -0.3 is 4.57 Å². The summed E-state index contributed by atoms with van der Waals surface area (Å²) in [6, 6.07) is 10.4. The molecule has 4 aromatic rings. The van der Waals surface area contributed by atoms with Crippen molar-refractivity contribution in [3.05, 3.63) is 58.3 Å². The van der Waals surface area contributed by atoms with Gasteiger partial charge in [0.05, 0.1) is 12.2 Å². The van der Waals surface area contributed by atoms with Gasteiger partial charge in [-0.3, -0.25) is 0 Å². The number of aromatic nitrogens is 8. The van der Waals surface area contributed by atoms with Gasteiger partial charge in [-0.25, -0.2) is 9.67 Å². The lowest BCUT2D eigenvalue weighted by Crippen LogP contribution is -2.04. The SMILES string of the molecule is CCCCc1nc(Cl)n(Cc2ccc(-n3c(C)cc(C)c3-c3nn[nH]n3)cc2)n1. The first-order valence-corrected chi connectivity index (χ1v) is 10.1. The number of aromatic amines is 1. The molecule has 0 radical (unpaired) electrons. The molecule has 0 saturated carbocycles. The van der Waals surface area contributed by atoms with Gasteiger partial charge in [0.2, 0.25) is 11.1 Å². The van der Waals surface area contributed by atoms with Crippen LogP contribution in [0.2, 0.25) is 5.28 Å². The maximum absolute atomic E-state index is 6.26. The molecule has 0 amide bonds. The quantitative estimate of drug-likeness (QED) is 0.498. The molecular weight excluding hydrogens is 388 g/mol. The number of benzene rings is 1. The highest BCUT2D eigenvalue weighted by atomic mass is 35.5. The third-order valence-corrected chi connectivity index (χ3v) is 5.16. The molecule has 0 atom stereocenters. The minimum atomic E-state index is 0.427. The van der Waals surface area contributed by atoms with E-state index in [1.54, 1.807) is 4.68 Å². The molecule has 0 spiro atoms. The van der Waals surface area contributed by atoms with E-state index in [1.165, 1.54) is 0 Å². The molecule has 150 valence electrons. The van der Waals surface area contributed by atoms with Crippen LogP contribution in [0, 0.1) is 13.8 Å².